The van der Waals surface area contributed by atoms with E-state index in [0.29, 0.717) is 83.6 Å². The fraction of sp³-hybridized carbons (Fsp3) is 0.0690. The first-order valence-corrected chi connectivity index (χ1v) is 21.6. The molecular weight excluding hydrogens is 825 g/mol. The van der Waals surface area contributed by atoms with Crippen molar-refractivity contribution in [1.29, 1.82) is 0 Å². The number of hydrogen-bond donors (Lipinski definition) is 2. The summed E-state index contributed by atoms with van der Waals surface area (Å²) in [6.45, 7) is 1.37. The number of phenols is 2. The van der Waals surface area contributed by atoms with Crippen LogP contribution in [0.5, 0.6) is 57.5 Å². The van der Waals surface area contributed by atoms with Gasteiger partial charge in [-0.2, -0.15) is 0 Å². The van der Waals surface area contributed by atoms with Crippen LogP contribution in [0.3, 0.4) is 0 Å². The first-order chi connectivity index (χ1) is 32.5. The zero-order valence-electron chi connectivity index (χ0n) is 36.0. The van der Waals surface area contributed by atoms with Crippen LogP contribution >= 0.6 is 0 Å². The van der Waals surface area contributed by atoms with Crippen LogP contribution < -0.4 is 28.4 Å². The summed E-state index contributed by atoms with van der Waals surface area (Å²) in [6, 6.07) is 68.5. The molecule has 0 aromatic heterocycles. The molecule has 0 saturated carbocycles. The van der Waals surface area contributed by atoms with E-state index >= 15 is 0 Å². The Bertz CT molecular complexity index is 2630. The van der Waals surface area contributed by atoms with Crippen molar-refractivity contribution in [1.82, 2.24) is 0 Å². The molecule has 0 saturated heterocycles. The number of benzene rings is 9. The summed E-state index contributed by atoms with van der Waals surface area (Å²) in [4.78, 5) is 0. The Balaban J connectivity index is 1.12. The fourth-order valence-electron chi connectivity index (χ4n) is 7.22. The first kappa shape index (κ1) is 42.7. The van der Waals surface area contributed by atoms with Gasteiger partial charge in [0, 0.05) is 47.5 Å². The Morgan fingerprint density at radius 2 is 0.530 bits per heavy atom. The molecule has 0 heterocycles. The second-order valence-electron chi connectivity index (χ2n) is 15.5. The van der Waals surface area contributed by atoms with Crippen molar-refractivity contribution in [3.05, 3.63) is 241 Å². The minimum absolute atomic E-state index is 0.122. The van der Waals surface area contributed by atoms with Gasteiger partial charge in [0.2, 0.25) is 0 Å². The number of aromatic hydroxyl groups is 2. The normalized spacial score (nSPS) is 10.8. The van der Waals surface area contributed by atoms with Crippen molar-refractivity contribution in [2.24, 2.45) is 0 Å². The van der Waals surface area contributed by atoms with Crippen LogP contribution in [0.1, 0.15) is 22.3 Å². The summed E-state index contributed by atoms with van der Waals surface area (Å²) >= 11 is 0. The third-order valence-corrected chi connectivity index (χ3v) is 10.6. The molecule has 9 rings (SSSR count). The van der Waals surface area contributed by atoms with Gasteiger partial charge >= 0.3 is 0 Å². The van der Waals surface area contributed by atoms with E-state index in [1.807, 2.05) is 194 Å². The standard InChI is InChI=1S/C58H46O8/c59-47-25-21-45(22-26-47)55-36-58(66-54-33-51(63-39-43-17-9-3-10-18-43)30-52(34-54)64-40-44-19-11-4-12-20-44)56(46-23-27-48(60)28-24-46)35-57(55)65-53-31-49(61-37-41-13-5-1-6-14-41)29-50(32-53)62-38-42-15-7-2-8-16-42/h1-36,59-60H,37-40H2. The molecule has 8 nitrogen and oxygen atoms in total. The molecule has 66 heavy (non-hydrogen) atoms. The molecule has 0 atom stereocenters. The predicted octanol–water partition coefficient (Wildman–Crippen LogP) is 14.3. The Labute approximate surface area is 384 Å². The molecule has 326 valence electrons. The van der Waals surface area contributed by atoms with Crippen molar-refractivity contribution in [3.8, 4) is 79.7 Å². The number of rotatable bonds is 18. The molecule has 0 fully saturated rings. The molecule has 0 aliphatic carbocycles. The number of phenolic OH excluding ortho intramolecular Hbond substituents is 2. The van der Waals surface area contributed by atoms with Crippen LogP contribution in [0.15, 0.2) is 218 Å². The second kappa shape index (κ2) is 20.7. The highest BCUT2D eigenvalue weighted by molar-refractivity contribution is 5.82. The minimum atomic E-state index is 0.122. The average Bonchev–Trinajstić information content (AvgIpc) is 3.36. The molecule has 0 amide bonds. The summed E-state index contributed by atoms with van der Waals surface area (Å²) < 4.78 is 39.1. The molecule has 0 radical (unpaired) electrons. The molecule has 0 bridgehead atoms. The maximum atomic E-state index is 10.4. The maximum absolute atomic E-state index is 10.4. The topological polar surface area (TPSA) is 95.8 Å². The van der Waals surface area contributed by atoms with Gasteiger partial charge in [-0.25, -0.2) is 0 Å². The Hall–Kier alpha value is -8.62. The van der Waals surface area contributed by atoms with Crippen molar-refractivity contribution in [3.63, 3.8) is 0 Å². The fourth-order valence-corrected chi connectivity index (χ4v) is 7.22. The molecule has 8 heteroatoms. The van der Waals surface area contributed by atoms with Gasteiger partial charge in [0.1, 0.15) is 83.9 Å². The summed E-state index contributed by atoms with van der Waals surface area (Å²) in [5.41, 5.74) is 6.93. The van der Waals surface area contributed by atoms with E-state index in [1.165, 1.54) is 0 Å². The summed E-state index contributed by atoms with van der Waals surface area (Å²) in [6.07, 6.45) is 0. The minimum Gasteiger partial charge on any atom is -0.508 e. The van der Waals surface area contributed by atoms with Crippen molar-refractivity contribution in [2.75, 3.05) is 0 Å². The quantitative estimate of drug-likeness (QED) is 0.0880. The smallest absolute Gasteiger partial charge is 0.136 e. The SMILES string of the molecule is Oc1ccc(-c2cc(Oc3cc(OCc4ccccc4)cc(OCc4ccccc4)c3)c(-c3ccc(O)cc3)cc2Oc2cc(OCc3ccccc3)cc(OCc3ccccc3)c2)cc1. The van der Waals surface area contributed by atoms with Gasteiger partial charge in [0.25, 0.3) is 0 Å². The van der Waals surface area contributed by atoms with Gasteiger partial charge in [0.15, 0.2) is 0 Å². The van der Waals surface area contributed by atoms with Crippen LogP contribution in [-0.4, -0.2) is 10.2 Å². The van der Waals surface area contributed by atoms with Gasteiger partial charge in [-0.05, 0) is 69.8 Å². The summed E-state index contributed by atoms with van der Waals surface area (Å²) in [7, 11) is 0. The van der Waals surface area contributed by atoms with Crippen molar-refractivity contribution in [2.45, 2.75) is 26.4 Å². The molecule has 0 aliphatic rings. The van der Waals surface area contributed by atoms with E-state index in [2.05, 4.69) is 0 Å². The molecule has 9 aromatic carbocycles. The molecular formula is C58H46O8. The van der Waals surface area contributed by atoms with Gasteiger partial charge in [-0.1, -0.05) is 146 Å². The van der Waals surface area contributed by atoms with E-state index in [0.717, 1.165) is 33.4 Å². The highest BCUT2D eigenvalue weighted by Crippen LogP contribution is 2.46. The molecule has 9 aromatic rings. The number of hydrogen-bond acceptors (Lipinski definition) is 8. The van der Waals surface area contributed by atoms with E-state index in [4.69, 9.17) is 28.4 Å². The highest BCUT2D eigenvalue weighted by atomic mass is 16.5. The first-order valence-electron chi connectivity index (χ1n) is 21.6. The average molecular weight is 871 g/mol. The molecule has 0 aliphatic heterocycles. The lowest BCUT2D eigenvalue weighted by atomic mass is 9.97. The Morgan fingerprint density at radius 1 is 0.273 bits per heavy atom. The Morgan fingerprint density at radius 3 is 0.803 bits per heavy atom. The van der Waals surface area contributed by atoms with Crippen LogP contribution in [0, 0.1) is 0 Å². The van der Waals surface area contributed by atoms with Gasteiger partial charge < -0.3 is 38.6 Å². The van der Waals surface area contributed by atoms with E-state index in [9.17, 15) is 10.2 Å². The second-order valence-corrected chi connectivity index (χ2v) is 15.5. The molecule has 2 N–H and O–H groups in total. The number of ether oxygens (including phenoxy) is 6. The lowest BCUT2D eigenvalue weighted by Crippen LogP contribution is -2.00. The lowest BCUT2D eigenvalue weighted by molar-refractivity contribution is 0.287. The lowest BCUT2D eigenvalue weighted by Gasteiger charge is -2.20. The van der Waals surface area contributed by atoms with Crippen molar-refractivity contribution >= 4 is 0 Å². The van der Waals surface area contributed by atoms with Crippen LogP contribution in [-0.2, 0) is 26.4 Å². The van der Waals surface area contributed by atoms with Crippen LogP contribution in [0.4, 0.5) is 0 Å². The molecule has 0 unspecified atom stereocenters. The predicted molar refractivity (Wildman–Crippen MR) is 257 cm³/mol. The van der Waals surface area contributed by atoms with E-state index < -0.39 is 0 Å². The van der Waals surface area contributed by atoms with E-state index in [-0.39, 0.29) is 11.5 Å². The third kappa shape index (κ3) is 11.5. The largest absolute Gasteiger partial charge is 0.508 e. The monoisotopic (exact) mass is 870 g/mol. The van der Waals surface area contributed by atoms with Gasteiger partial charge in [0.05, 0.1) is 0 Å². The van der Waals surface area contributed by atoms with E-state index in [1.54, 1.807) is 24.3 Å². The zero-order valence-corrected chi connectivity index (χ0v) is 36.0. The Kier molecular flexibility index (Phi) is 13.4. The van der Waals surface area contributed by atoms with Crippen LogP contribution in [0.2, 0.25) is 0 Å². The highest BCUT2D eigenvalue weighted by Gasteiger charge is 2.19. The summed E-state index contributed by atoms with van der Waals surface area (Å²) in [5.74, 6) is 4.39. The zero-order chi connectivity index (χ0) is 44.9. The maximum Gasteiger partial charge on any atom is 0.136 e. The van der Waals surface area contributed by atoms with Crippen molar-refractivity contribution < 1.29 is 38.6 Å². The van der Waals surface area contributed by atoms with Gasteiger partial charge in [-0.15, -0.1) is 0 Å². The third-order valence-electron chi connectivity index (χ3n) is 10.6. The molecule has 0 spiro atoms. The van der Waals surface area contributed by atoms with Crippen LogP contribution in [0.25, 0.3) is 22.3 Å². The van der Waals surface area contributed by atoms with Gasteiger partial charge in [-0.3, -0.25) is 0 Å². The summed E-state index contributed by atoms with van der Waals surface area (Å²) in [5, 5.41) is 20.7.